The van der Waals surface area contributed by atoms with Crippen molar-refractivity contribution in [3.05, 3.63) is 18.0 Å². The van der Waals surface area contributed by atoms with Crippen molar-refractivity contribution in [3.63, 3.8) is 0 Å². The van der Waals surface area contributed by atoms with Crippen LogP contribution < -0.4 is 4.90 Å². The number of halogens is 2. The van der Waals surface area contributed by atoms with Crippen molar-refractivity contribution >= 4 is 11.9 Å². The van der Waals surface area contributed by atoms with Crippen molar-refractivity contribution in [1.82, 2.24) is 9.97 Å². The number of hydrogen-bond donors (Lipinski definition) is 0. The third-order valence-corrected chi connectivity index (χ3v) is 2.59. The summed E-state index contributed by atoms with van der Waals surface area (Å²) in [7, 11) is 0. The molecule has 1 aliphatic rings. The number of hydrogen-bond acceptors (Lipinski definition) is 5. The van der Waals surface area contributed by atoms with Crippen molar-refractivity contribution in [1.29, 1.82) is 0 Å². The fourth-order valence-electron chi connectivity index (χ4n) is 1.68. The van der Waals surface area contributed by atoms with Gasteiger partial charge in [0.1, 0.15) is 6.61 Å². The SMILES string of the molecule is CC(=O)OCc1cnc(N2CCC(F)(F)C2)nc1. The second-order valence-electron chi connectivity index (χ2n) is 4.20. The third kappa shape index (κ3) is 3.12. The number of aromatic nitrogens is 2. The summed E-state index contributed by atoms with van der Waals surface area (Å²) in [6, 6.07) is 0. The number of alkyl halides is 2. The molecule has 1 saturated heterocycles. The maximum Gasteiger partial charge on any atom is 0.302 e. The van der Waals surface area contributed by atoms with Gasteiger partial charge < -0.3 is 9.64 Å². The van der Waals surface area contributed by atoms with E-state index in [0.717, 1.165) is 0 Å². The van der Waals surface area contributed by atoms with Gasteiger partial charge in [0.05, 0.1) is 6.54 Å². The molecule has 5 nitrogen and oxygen atoms in total. The van der Waals surface area contributed by atoms with Crippen LogP contribution in [0, 0.1) is 0 Å². The lowest BCUT2D eigenvalue weighted by Gasteiger charge is -2.15. The lowest BCUT2D eigenvalue weighted by Crippen LogP contribution is -2.26. The molecule has 2 heterocycles. The van der Waals surface area contributed by atoms with Gasteiger partial charge >= 0.3 is 5.97 Å². The first-order valence-corrected chi connectivity index (χ1v) is 5.53. The Morgan fingerprint density at radius 3 is 2.67 bits per heavy atom. The van der Waals surface area contributed by atoms with Gasteiger partial charge in [0, 0.05) is 37.8 Å². The molecule has 0 atom stereocenters. The highest BCUT2D eigenvalue weighted by atomic mass is 19.3. The normalized spacial score (nSPS) is 17.8. The van der Waals surface area contributed by atoms with E-state index >= 15 is 0 Å². The van der Waals surface area contributed by atoms with E-state index < -0.39 is 11.9 Å². The van der Waals surface area contributed by atoms with Gasteiger partial charge in [-0.25, -0.2) is 18.7 Å². The predicted molar refractivity (Wildman–Crippen MR) is 59.3 cm³/mol. The molecule has 0 amide bonds. The first kappa shape index (κ1) is 12.7. The molecule has 0 N–H and O–H groups in total. The Balaban J connectivity index is 1.98. The summed E-state index contributed by atoms with van der Waals surface area (Å²) in [5, 5.41) is 0. The molecule has 0 unspecified atom stereocenters. The van der Waals surface area contributed by atoms with Crippen LogP contribution in [0.15, 0.2) is 12.4 Å². The van der Waals surface area contributed by atoms with Crippen molar-refractivity contribution in [2.75, 3.05) is 18.0 Å². The molecule has 1 aliphatic heterocycles. The molecule has 98 valence electrons. The quantitative estimate of drug-likeness (QED) is 0.766. The molecule has 1 fully saturated rings. The van der Waals surface area contributed by atoms with E-state index in [1.165, 1.54) is 24.2 Å². The zero-order chi connectivity index (χ0) is 13.2. The van der Waals surface area contributed by atoms with Crippen LogP contribution in [0.25, 0.3) is 0 Å². The van der Waals surface area contributed by atoms with Crippen LogP contribution in [0.2, 0.25) is 0 Å². The van der Waals surface area contributed by atoms with Crippen molar-refractivity contribution in [2.45, 2.75) is 25.9 Å². The molecule has 7 heteroatoms. The van der Waals surface area contributed by atoms with Gasteiger partial charge in [-0.05, 0) is 0 Å². The van der Waals surface area contributed by atoms with Crippen LogP contribution >= 0.6 is 0 Å². The molecule has 0 aliphatic carbocycles. The number of nitrogens with zero attached hydrogens (tertiary/aromatic N) is 3. The molecule has 1 aromatic heterocycles. The van der Waals surface area contributed by atoms with E-state index in [4.69, 9.17) is 4.74 Å². The minimum atomic E-state index is -2.67. The summed E-state index contributed by atoms with van der Waals surface area (Å²) >= 11 is 0. The topological polar surface area (TPSA) is 55.3 Å². The van der Waals surface area contributed by atoms with E-state index in [9.17, 15) is 13.6 Å². The third-order valence-electron chi connectivity index (χ3n) is 2.59. The first-order valence-electron chi connectivity index (χ1n) is 5.53. The number of anilines is 1. The Labute approximate surface area is 103 Å². The molecule has 0 spiro atoms. The second kappa shape index (κ2) is 4.83. The summed E-state index contributed by atoms with van der Waals surface area (Å²) in [6.45, 7) is 1.29. The van der Waals surface area contributed by atoms with Gasteiger partial charge in [0.15, 0.2) is 0 Å². The van der Waals surface area contributed by atoms with E-state index in [1.54, 1.807) is 0 Å². The van der Waals surface area contributed by atoms with Crippen LogP contribution in [-0.4, -0.2) is 34.9 Å². The summed E-state index contributed by atoms with van der Waals surface area (Å²) in [5.41, 5.74) is 0.625. The standard InChI is InChI=1S/C11H13F2N3O2/c1-8(17)18-6-9-4-14-10(15-5-9)16-3-2-11(12,13)7-16/h4-5H,2-3,6-7H2,1H3. The van der Waals surface area contributed by atoms with Crippen LogP contribution in [0.1, 0.15) is 18.9 Å². The van der Waals surface area contributed by atoms with Gasteiger partial charge in [0.25, 0.3) is 5.92 Å². The highest BCUT2D eigenvalue weighted by Crippen LogP contribution is 2.28. The number of carbonyl (C=O) groups excluding carboxylic acids is 1. The zero-order valence-corrected chi connectivity index (χ0v) is 9.90. The van der Waals surface area contributed by atoms with E-state index in [0.29, 0.717) is 5.56 Å². The van der Waals surface area contributed by atoms with Crippen molar-refractivity contribution < 1.29 is 18.3 Å². The summed E-state index contributed by atoms with van der Waals surface area (Å²) in [4.78, 5) is 20.0. The molecule has 2 rings (SSSR count). The minimum Gasteiger partial charge on any atom is -0.461 e. The highest BCUT2D eigenvalue weighted by molar-refractivity contribution is 5.65. The summed E-state index contributed by atoms with van der Waals surface area (Å²) in [5.74, 6) is -2.78. The smallest absolute Gasteiger partial charge is 0.302 e. The Morgan fingerprint density at radius 2 is 2.17 bits per heavy atom. The molecule has 18 heavy (non-hydrogen) atoms. The predicted octanol–water partition coefficient (Wildman–Crippen LogP) is 1.39. The first-order chi connectivity index (χ1) is 8.46. The van der Waals surface area contributed by atoms with Crippen LogP contribution in [-0.2, 0) is 16.1 Å². The van der Waals surface area contributed by atoms with Crippen molar-refractivity contribution in [2.24, 2.45) is 0 Å². The van der Waals surface area contributed by atoms with E-state index in [1.807, 2.05) is 0 Å². The summed E-state index contributed by atoms with van der Waals surface area (Å²) in [6.07, 6.45) is 2.77. The number of carbonyl (C=O) groups is 1. The zero-order valence-electron chi connectivity index (χ0n) is 9.90. The Bertz CT molecular complexity index is 436. The largest absolute Gasteiger partial charge is 0.461 e. The number of esters is 1. The lowest BCUT2D eigenvalue weighted by atomic mass is 10.3. The monoisotopic (exact) mass is 257 g/mol. The molecule has 1 aromatic rings. The molecular formula is C11H13F2N3O2. The van der Waals surface area contributed by atoms with Gasteiger partial charge in [-0.3, -0.25) is 4.79 Å². The Morgan fingerprint density at radius 1 is 1.50 bits per heavy atom. The molecule has 0 radical (unpaired) electrons. The van der Waals surface area contributed by atoms with Gasteiger partial charge in [-0.1, -0.05) is 0 Å². The molecular weight excluding hydrogens is 244 g/mol. The summed E-state index contributed by atoms with van der Waals surface area (Å²) < 4.78 is 30.8. The van der Waals surface area contributed by atoms with Gasteiger partial charge in [-0.15, -0.1) is 0 Å². The maximum absolute atomic E-state index is 13.0. The molecule has 0 bridgehead atoms. The second-order valence-corrected chi connectivity index (χ2v) is 4.20. The molecule has 0 aromatic carbocycles. The average molecular weight is 257 g/mol. The van der Waals surface area contributed by atoms with E-state index in [2.05, 4.69) is 9.97 Å². The van der Waals surface area contributed by atoms with Gasteiger partial charge in [0.2, 0.25) is 5.95 Å². The molecule has 0 saturated carbocycles. The number of rotatable bonds is 3. The fraction of sp³-hybridized carbons (Fsp3) is 0.545. The van der Waals surface area contributed by atoms with Crippen molar-refractivity contribution in [3.8, 4) is 0 Å². The highest BCUT2D eigenvalue weighted by Gasteiger charge is 2.39. The van der Waals surface area contributed by atoms with E-state index in [-0.39, 0.29) is 32.1 Å². The van der Waals surface area contributed by atoms with Crippen LogP contribution in [0.3, 0.4) is 0 Å². The van der Waals surface area contributed by atoms with Gasteiger partial charge in [-0.2, -0.15) is 0 Å². The lowest BCUT2D eigenvalue weighted by molar-refractivity contribution is -0.142. The average Bonchev–Trinajstić information content (AvgIpc) is 2.68. The Hall–Kier alpha value is -1.79. The van der Waals surface area contributed by atoms with Crippen LogP contribution in [0.4, 0.5) is 14.7 Å². The fourth-order valence-corrected chi connectivity index (χ4v) is 1.68. The Kier molecular flexibility index (Phi) is 3.40. The maximum atomic E-state index is 13.0. The van der Waals surface area contributed by atoms with Crippen LogP contribution in [0.5, 0.6) is 0 Å². The minimum absolute atomic E-state index is 0.0891. The number of ether oxygens (including phenoxy) is 1.